The SMILES string of the molecule is CN=C(NCCc1c(C)nn(C)c1C)NC1CCCCC1.I. The summed E-state index contributed by atoms with van der Waals surface area (Å²) >= 11 is 0. The molecular formula is C16H30IN5. The summed E-state index contributed by atoms with van der Waals surface area (Å²) in [7, 11) is 3.85. The molecule has 5 nitrogen and oxygen atoms in total. The highest BCUT2D eigenvalue weighted by Gasteiger charge is 2.14. The Hall–Kier alpha value is -0.790. The van der Waals surface area contributed by atoms with E-state index in [2.05, 4.69) is 34.6 Å². The van der Waals surface area contributed by atoms with Crippen LogP contribution in [0.15, 0.2) is 4.99 Å². The minimum atomic E-state index is 0. The normalized spacial score (nSPS) is 16.3. The first-order valence-corrected chi connectivity index (χ1v) is 8.08. The molecule has 2 N–H and O–H groups in total. The molecule has 0 radical (unpaired) electrons. The van der Waals surface area contributed by atoms with E-state index in [1.807, 2.05) is 18.8 Å². The number of aryl methyl sites for hydroxylation is 2. The molecule has 0 aliphatic heterocycles. The molecule has 1 fully saturated rings. The number of nitrogens with zero attached hydrogens (tertiary/aromatic N) is 3. The number of hydrogen-bond acceptors (Lipinski definition) is 2. The lowest BCUT2D eigenvalue weighted by molar-refractivity contribution is 0.410. The van der Waals surface area contributed by atoms with Gasteiger partial charge in [-0.05, 0) is 38.7 Å². The molecule has 1 aromatic heterocycles. The van der Waals surface area contributed by atoms with Crippen LogP contribution in [0.2, 0.25) is 0 Å². The van der Waals surface area contributed by atoms with E-state index in [4.69, 9.17) is 0 Å². The van der Waals surface area contributed by atoms with Gasteiger partial charge >= 0.3 is 0 Å². The van der Waals surface area contributed by atoms with Crippen molar-refractivity contribution in [1.82, 2.24) is 20.4 Å². The van der Waals surface area contributed by atoms with Gasteiger partial charge in [0.2, 0.25) is 0 Å². The Morgan fingerprint density at radius 2 is 1.95 bits per heavy atom. The molecule has 2 rings (SSSR count). The maximum absolute atomic E-state index is 4.47. The largest absolute Gasteiger partial charge is 0.356 e. The highest BCUT2D eigenvalue weighted by atomic mass is 127. The molecule has 0 atom stereocenters. The Labute approximate surface area is 151 Å². The van der Waals surface area contributed by atoms with Gasteiger partial charge in [0, 0.05) is 32.4 Å². The van der Waals surface area contributed by atoms with Crippen molar-refractivity contribution in [3.63, 3.8) is 0 Å². The van der Waals surface area contributed by atoms with Crippen molar-refractivity contribution in [1.29, 1.82) is 0 Å². The van der Waals surface area contributed by atoms with Gasteiger partial charge in [-0.15, -0.1) is 24.0 Å². The Morgan fingerprint density at radius 1 is 1.27 bits per heavy atom. The quantitative estimate of drug-likeness (QED) is 0.448. The third-order valence-electron chi connectivity index (χ3n) is 4.50. The predicted molar refractivity (Wildman–Crippen MR) is 103 cm³/mol. The van der Waals surface area contributed by atoms with E-state index in [9.17, 15) is 0 Å². The van der Waals surface area contributed by atoms with E-state index in [0.717, 1.165) is 24.6 Å². The molecule has 0 unspecified atom stereocenters. The third kappa shape index (κ3) is 5.14. The van der Waals surface area contributed by atoms with Gasteiger partial charge in [0.15, 0.2) is 5.96 Å². The molecule has 1 heterocycles. The molecule has 126 valence electrons. The molecule has 1 aliphatic carbocycles. The number of halogens is 1. The van der Waals surface area contributed by atoms with Crippen LogP contribution in [-0.2, 0) is 13.5 Å². The van der Waals surface area contributed by atoms with Gasteiger partial charge in [-0.2, -0.15) is 5.10 Å². The summed E-state index contributed by atoms with van der Waals surface area (Å²) in [4.78, 5) is 4.34. The van der Waals surface area contributed by atoms with Crippen molar-refractivity contribution in [2.75, 3.05) is 13.6 Å². The maximum Gasteiger partial charge on any atom is 0.191 e. The lowest BCUT2D eigenvalue weighted by Crippen LogP contribution is -2.44. The molecule has 0 saturated heterocycles. The van der Waals surface area contributed by atoms with Gasteiger partial charge in [0.05, 0.1) is 5.69 Å². The number of nitrogens with one attached hydrogen (secondary N) is 2. The van der Waals surface area contributed by atoms with Gasteiger partial charge in [0.1, 0.15) is 0 Å². The van der Waals surface area contributed by atoms with Crippen LogP contribution in [0, 0.1) is 13.8 Å². The molecule has 6 heteroatoms. The Morgan fingerprint density at radius 3 is 2.50 bits per heavy atom. The molecule has 1 aromatic rings. The zero-order chi connectivity index (χ0) is 15.2. The topological polar surface area (TPSA) is 54.2 Å². The van der Waals surface area contributed by atoms with Crippen molar-refractivity contribution >= 4 is 29.9 Å². The van der Waals surface area contributed by atoms with Crippen molar-refractivity contribution < 1.29 is 0 Å². The van der Waals surface area contributed by atoms with E-state index < -0.39 is 0 Å². The van der Waals surface area contributed by atoms with Crippen LogP contribution in [0.1, 0.15) is 49.1 Å². The molecular weight excluding hydrogens is 389 g/mol. The smallest absolute Gasteiger partial charge is 0.191 e. The van der Waals surface area contributed by atoms with Gasteiger partial charge in [-0.1, -0.05) is 19.3 Å². The first-order chi connectivity index (χ1) is 10.1. The number of aliphatic imine (C=N–C) groups is 1. The molecule has 1 saturated carbocycles. The fraction of sp³-hybridized carbons (Fsp3) is 0.750. The highest BCUT2D eigenvalue weighted by molar-refractivity contribution is 14.0. The minimum absolute atomic E-state index is 0. The fourth-order valence-electron chi connectivity index (χ4n) is 3.12. The molecule has 22 heavy (non-hydrogen) atoms. The van der Waals surface area contributed by atoms with Gasteiger partial charge in [-0.25, -0.2) is 0 Å². The Balaban J connectivity index is 0.00000242. The summed E-state index contributed by atoms with van der Waals surface area (Å²) in [6.45, 7) is 5.10. The summed E-state index contributed by atoms with van der Waals surface area (Å²) in [6.07, 6.45) is 7.56. The van der Waals surface area contributed by atoms with Crippen LogP contribution >= 0.6 is 24.0 Å². The molecule has 1 aliphatic rings. The summed E-state index contributed by atoms with van der Waals surface area (Å²) in [5.74, 6) is 0.932. The third-order valence-corrected chi connectivity index (χ3v) is 4.50. The van der Waals surface area contributed by atoms with Crippen LogP contribution in [-0.4, -0.2) is 35.4 Å². The second-order valence-corrected chi connectivity index (χ2v) is 6.00. The molecule has 0 bridgehead atoms. The Bertz CT molecular complexity index is 489. The van der Waals surface area contributed by atoms with Crippen LogP contribution < -0.4 is 10.6 Å². The van der Waals surface area contributed by atoms with Crippen molar-refractivity contribution in [2.24, 2.45) is 12.0 Å². The second kappa shape index (κ2) is 9.37. The fourth-order valence-corrected chi connectivity index (χ4v) is 3.12. The second-order valence-electron chi connectivity index (χ2n) is 6.00. The number of guanidine groups is 1. The molecule has 0 aromatic carbocycles. The van der Waals surface area contributed by atoms with E-state index in [1.165, 1.54) is 43.4 Å². The highest BCUT2D eigenvalue weighted by Crippen LogP contribution is 2.17. The van der Waals surface area contributed by atoms with Crippen molar-refractivity contribution in [3.8, 4) is 0 Å². The molecule has 0 amide bonds. The van der Waals surface area contributed by atoms with Gasteiger partial charge < -0.3 is 10.6 Å². The summed E-state index contributed by atoms with van der Waals surface area (Å²) < 4.78 is 1.96. The minimum Gasteiger partial charge on any atom is -0.356 e. The predicted octanol–water partition coefficient (Wildman–Crippen LogP) is 2.70. The molecule has 0 spiro atoms. The monoisotopic (exact) mass is 419 g/mol. The van der Waals surface area contributed by atoms with E-state index in [1.54, 1.807) is 0 Å². The first kappa shape index (κ1) is 19.3. The number of hydrogen-bond donors (Lipinski definition) is 2. The maximum atomic E-state index is 4.47. The zero-order valence-corrected chi connectivity index (χ0v) is 16.6. The van der Waals surface area contributed by atoms with E-state index in [-0.39, 0.29) is 24.0 Å². The van der Waals surface area contributed by atoms with Crippen LogP contribution in [0.5, 0.6) is 0 Å². The van der Waals surface area contributed by atoms with E-state index in [0.29, 0.717) is 6.04 Å². The summed E-state index contributed by atoms with van der Waals surface area (Å²) in [5, 5.41) is 11.4. The van der Waals surface area contributed by atoms with Crippen molar-refractivity contribution in [3.05, 3.63) is 17.0 Å². The summed E-state index contributed by atoms with van der Waals surface area (Å²) in [5.41, 5.74) is 3.73. The first-order valence-electron chi connectivity index (χ1n) is 8.08. The zero-order valence-electron chi connectivity index (χ0n) is 14.3. The number of rotatable bonds is 4. The van der Waals surface area contributed by atoms with Gasteiger partial charge in [-0.3, -0.25) is 9.67 Å². The van der Waals surface area contributed by atoms with Gasteiger partial charge in [0.25, 0.3) is 0 Å². The van der Waals surface area contributed by atoms with Crippen LogP contribution in [0.25, 0.3) is 0 Å². The van der Waals surface area contributed by atoms with Crippen LogP contribution in [0.3, 0.4) is 0 Å². The van der Waals surface area contributed by atoms with Crippen LogP contribution in [0.4, 0.5) is 0 Å². The Kier molecular flexibility index (Phi) is 8.20. The average Bonchev–Trinajstić information content (AvgIpc) is 2.73. The van der Waals surface area contributed by atoms with Crippen molar-refractivity contribution in [2.45, 2.75) is 58.4 Å². The average molecular weight is 419 g/mol. The lowest BCUT2D eigenvalue weighted by Gasteiger charge is -2.24. The lowest BCUT2D eigenvalue weighted by atomic mass is 9.96. The number of aromatic nitrogens is 2. The summed E-state index contributed by atoms with van der Waals surface area (Å²) in [6, 6.07) is 0.590. The van der Waals surface area contributed by atoms with E-state index >= 15 is 0 Å². The standard InChI is InChI=1S/C16H29N5.HI/c1-12-15(13(2)21(4)20-12)10-11-18-16(17-3)19-14-8-6-5-7-9-14;/h14H,5-11H2,1-4H3,(H2,17,18,19);1H.